The maximum atomic E-state index is 15.4. The number of amidine groups is 1. The molecule has 0 aliphatic carbocycles. The number of hydrogen-bond donors (Lipinski definition) is 2. The molecule has 12 heteroatoms. The summed E-state index contributed by atoms with van der Waals surface area (Å²) >= 11 is 0. The highest BCUT2D eigenvalue weighted by Gasteiger charge is 2.45. The topological polar surface area (TPSA) is 98.9 Å². The van der Waals surface area contributed by atoms with Crippen molar-refractivity contribution in [2.24, 2.45) is 10.7 Å². The van der Waals surface area contributed by atoms with E-state index in [2.05, 4.69) is 25.5 Å². The highest BCUT2D eigenvalue weighted by atomic mass is 19.3. The number of nitrogens with one attached hydrogen (secondary N) is 1. The van der Waals surface area contributed by atoms with Crippen molar-refractivity contribution >= 4 is 11.7 Å². The monoisotopic (exact) mass is 510 g/mol. The zero-order valence-corrected chi connectivity index (χ0v) is 19.6. The molecule has 1 atom stereocenters. The van der Waals surface area contributed by atoms with Crippen molar-refractivity contribution < 1.29 is 17.6 Å². The molecule has 0 spiro atoms. The Kier molecular flexibility index (Phi) is 6.24. The van der Waals surface area contributed by atoms with Crippen molar-refractivity contribution in [3.8, 4) is 22.6 Å². The normalized spacial score (nSPS) is 15.6. The van der Waals surface area contributed by atoms with Crippen molar-refractivity contribution in [2.45, 2.75) is 18.5 Å². The lowest BCUT2D eigenvalue weighted by Crippen LogP contribution is -2.30. The van der Waals surface area contributed by atoms with Gasteiger partial charge in [-0.3, -0.25) is 9.56 Å². The molecule has 0 radical (unpaired) electrons. The Balaban J connectivity index is 1.55. The van der Waals surface area contributed by atoms with E-state index in [-0.39, 0.29) is 12.4 Å². The Labute approximate surface area is 209 Å². The molecule has 0 unspecified atom stereocenters. The van der Waals surface area contributed by atoms with Gasteiger partial charge in [-0.15, -0.1) is 10.2 Å². The first kappa shape index (κ1) is 24.2. The van der Waals surface area contributed by atoms with Gasteiger partial charge in [0.05, 0.1) is 17.3 Å². The van der Waals surface area contributed by atoms with Gasteiger partial charge in [0.1, 0.15) is 24.1 Å². The number of anilines is 1. The molecule has 0 amide bonds. The van der Waals surface area contributed by atoms with E-state index >= 15 is 8.78 Å². The van der Waals surface area contributed by atoms with E-state index in [0.29, 0.717) is 17.3 Å². The van der Waals surface area contributed by atoms with Crippen LogP contribution in [0.1, 0.15) is 17.4 Å². The molecule has 0 bridgehead atoms. The second kappa shape index (κ2) is 9.52. The molecule has 1 aliphatic heterocycles. The Morgan fingerprint density at radius 1 is 1.22 bits per heavy atom. The van der Waals surface area contributed by atoms with Crippen LogP contribution in [0.2, 0.25) is 0 Å². The van der Waals surface area contributed by atoms with Gasteiger partial charge in [0.2, 0.25) is 5.82 Å². The maximum Gasteiger partial charge on any atom is 0.334 e. The Morgan fingerprint density at radius 3 is 2.76 bits per heavy atom. The van der Waals surface area contributed by atoms with E-state index < -0.39 is 35.8 Å². The number of aliphatic imine (C=N–C) groups is 1. The number of benzene rings is 1. The van der Waals surface area contributed by atoms with Gasteiger partial charge in [-0.2, -0.15) is 8.78 Å². The van der Waals surface area contributed by atoms with Gasteiger partial charge < -0.3 is 15.6 Å². The van der Waals surface area contributed by atoms with Crippen molar-refractivity contribution in [3.05, 3.63) is 84.3 Å². The fraction of sp³-hybridized carbons (Fsp3) is 0.200. The molecular weight excluding hydrogens is 488 g/mol. The molecule has 37 heavy (non-hydrogen) atoms. The average Bonchev–Trinajstić information content (AvgIpc) is 3.53. The predicted molar refractivity (Wildman–Crippen MR) is 131 cm³/mol. The largest absolute Gasteiger partial charge is 0.404 e. The number of aromatic nitrogens is 5. The zero-order chi connectivity index (χ0) is 26.2. The van der Waals surface area contributed by atoms with Crippen LogP contribution in [0, 0.1) is 5.82 Å². The van der Waals surface area contributed by atoms with Gasteiger partial charge in [0.15, 0.2) is 5.82 Å². The first-order valence-corrected chi connectivity index (χ1v) is 11.3. The summed E-state index contributed by atoms with van der Waals surface area (Å²) in [5, 5.41) is 10.7. The van der Waals surface area contributed by atoms with E-state index in [1.54, 1.807) is 48.3 Å². The first-order chi connectivity index (χ1) is 17.9. The Hall–Kier alpha value is -4.48. The third-order valence-electron chi connectivity index (χ3n) is 6.11. The van der Waals surface area contributed by atoms with Gasteiger partial charge in [-0.1, -0.05) is 12.1 Å². The minimum atomic E-state index is -3.82. The molecule has 3 N–H and O–H groups in total. The molecule has 3 aromatic heterocycles. The van der Waals surface area contributed by atoms with Crippen LogP contribution in [0.4, 0.5) is 23.4 Å². The second-order valence-electron chi connectivity index (χ2n) is 8.37. The molecule has 4 aromatic rings. The molecule has 8 nitrogen and oxygen atoms in total. The van der Waals surface area contributed by atoms with Crippen molar-refractivity contribution in [1.82, 2.24) is 24.3 Å². The van der Waals surface area contributed by atoms with E-state index in [0.717, 1.165) is 27.8 Å². The summed E-state index contributed by atoms with van der Waals surface area (Å²) in [6.45, 7) is -0.864. The smallest absolute Gasteiger partial charge is 0.334 e. The average molecular weight is 510 g/mol. The molecule has 1 aromatic carbocycles. The van der Waals surface area contributed by atoms with E-state index in [1.807, 2.05) is 0 Å². The van der Waals surface area contributed by atoms with Gasteiger partial charge >= 0.3 is 5.92 Å². The second-order valence-corrected chi connectivity index (χ2v) is 8.37. The summed E-state index contributed by atoms with van der Waals surface area (Å²) in [4.78, 5) is 8.36. The van der Waals surface area contributed by atoms with Gasteiger partial charge in [-0.25, -0.2) is 13.8 Å². The molecule has 190 valence electrons. The number of fused-ring (bicyclic) bond motifs is 3. The Morgan fingerprint density at radius 2 is 2.03 bits per heavy atom. The number of nitrogens with two attached hydrogens (primary N) is 1. The van der Waals surface area contributed by atoms with Crippen LogP contribution in [0.3, 0.4) is 0 Å². The number of rotatable bonds is 6. The highest BCUT2D eigenvalue weighted by Crippen LogP contribution is 2.42. The number of nitrogens with zero attached hydrogens (tertiary/aromatic N) is 6. The van der Waals surface area contributed by atoms with Crippen molar-refractivity contribution in [1.29, 1.82) is 0 Å². The first-order valence-electron chi connectivity index (χ1n) is 11.3. The molecule has 4 heterocycles. The minimum absolute atomic E-state index is 0.0708. The van der Waals surface area contributed by atoms with E-state index in [1.165, 1.54) is 18.3 Å². The van der Waals surface area contributed by atoms with Crippen LogP contribution < -0.4 is 11.1 Å². The fourth-order valence-electron chi connectivity index (χ4n) is 4.37. The minimum Gasteiger partial charge on any atom is -0.404 e. The maximum absolute atomic E-state index is 15.4. The van der Waals surface area contributed by atoms with Crippen LogP contribution >= 0.6 is 0 Å². The van der Waals surface area contributed by atoms with Crippen LogP contribution in [0.25, 0.3) is 22.6 Å². The quantitative estimate of drug-likeness (QED) is 0.226. The molecule has 0 saturated carbocycles. The molecular formula is C25H22F4N8. The predicted octanol–water partition coefficient (Wildman–Crippen LogP) is 4.52. The molecule has 0 saturated heterocycles. The van der Waals surface area contributed by atoms with Gasteiger partial charge in [0, 0.05) is 31.5 Å². The summed E-state index contributed by atoms with van der Waals surface area (Å²) in [6, 6.07) is 8.88. The third-order valence-corrected chi connectivity index (χ3v) is 6.11. The van der Waals surface area contributed by atoms with Crippen molar-refractivity contribution in [3.63, 3.8) is 0 Å². The number of alkyl halides is 3. The lowest BCUT2D eigenvalue weighted by atomic mass is 10.1. The summed E-state index contributed by atoms with van der Waals surface area (Å²) < 4.78 is 62.1. The standard InChI is InChI=1S/C25H22F4N8/c1-31-21(6-8-30)33-22-11-15(7-9-32-22)16-10-20-23-34-35-24(37(23)17(12-26)14-36(20)13-16)25(28,29)18-4-2-3-5-19(18)27/h2-11,13,17H,12,14,30H2,1H3,(H,31,32,33)/t17-/m0/s1. The summed E-state index contributed by atoms with van der Waals surface area (Å²) in [5.74, 6) is -4.61. The lowest BCUT2D eigenvalue weighted by Gasteiger charge is -2.28. The zero-order valence-electron chi connectivity index (χ0n) is 19.6. The third kappa shape index (κ3) is 4.24. The number of halogens is 4. The summed E-state index contributed by atoms with van der Waals surface area (Å²) in [5.41, 5.74) is 6.58. The number of pyridine rings is 1. The number of hydrogen-bond acceptors (Lipinski definition) is 5. The van der Waals surface area contributed by atoms with Crippen LogP contribution in [0.5, 0.6) is 0 Å². The highest BCUT2D eigenvalue weighted by molar-refractivity contribution is 6.03. The van der Waals surface area contributed by atoms with Crippen LogP contribution in [0.15, 0.2) is 72.1 Å². The van der Waals surface area contributed by atoms with Gasteiger partial charge in [-0.05, 0) is 48.2 Å². The van der Waals surface area contributed by atoms with Crippen LogP contribution in [-0.4, -0.2) is 43.9 Å². The SMILES string of the molecule is CN=C(C=CN)Nc1cc(-c2cc3n(c2)C[C@H](CF)n2c-3nnc2C(F)(F)c2ccccc2F)ccn1. The molecule has 5 rings (SSSR count). The van der Waals surface area contributed by atoms with E-state index in [9.17, 15) is 8.78 Å². The summed E-state index contributed by atoms with van der Waals surface area (Å²) in [7, 11) is 1.61. The lowest BCUT2D eigenvalue weighted by molar-refractivity contribution is 0.0221. The van der Waals surface area contributed by atoms with E-state index in [4.69, 9.17) is 5.73 Å². The van der Waals surface area contributed by atoms with Crippen molar-refractivity contribution in [2.75, 3.05) is 19.0 Å². The fourth-order valence-corrected chi connectivity index (χ4v) is 4.37. The molecule has 0 fully saturated rings. The molecule has 1 aliphatic rings. The Bertz CT molecular complexity index is 1500. The van der Waals surface area contributed by atoms with Crippen LogP contribution in [-0.2, 0) is 12.5 Å². The summed E-state index contributed by atoms with van der Waals surface area (Å²) in [6.07, 6.45) is 6.33. The van der Waals surface area contributed by atoms with Gasteiger partial charge in [0.25, 0.3) is 0 Å².